The average Bonchev–Trinajstić information content (AvgIpc) is 2.16. The normalized spacial score (nSPS) is 10.9. The Kier molecular flexibility index (Phi) is 3.11. The van der Waals surface area contributed by atoms with Gasteiger partial charge in [0.2, 0.25) is 0 Å². The van der Waals surface area contributed by atoms with Gasteiger partial charge in [-0.2, -0.15) is 13.2 Å². The molecule has 1 rings (SSSR count). The summed E-state index contributed by atoms with van der Waals surface area (Å²) >= 11 is 0. The number of hydrogen-bond donors (Lipinski definition) is 1. The number of carbonyl (C=O) groups excluding carboxylic acids is 1. The number of nitro groups is 1. The number of rotatable bonds is 2. The molecular weight excluding hydrogens is 229 g/mol. The number of halogens is 3. The van der Waals surface area contributed by atoms with E-state index in [2.05, 4.69) is 0 Å². The average molecular weight is 234 g/mol. The first-order valence-corrected chi connectivity index (χ1v) is 3.93. The van der Waals surface area contributed by atoms with Crippen molar-refractivity contribution in [3.8, 4) is 0 Å². The Morgan fingerprint density at radius 1 is 1.38 bits per heavy atom. The number of hydrogen-bond acceptors (Lipinski definition) is 3. The maximum Gasteiger partial charge on any atom is 0.471 e. The highest BCUT2D eigenvalue weighted by molar-refractivity contribution is 5.95. The van der Waals surface area contributed by atoms with Crippen LogP contribution in [0.4, 0.5) is 24.5 Å². The number of amides is 1. The first-order valence-electron chi connectivity index (χ1n) is 3.93. The molecule has 5 nitrogen and oxygen atoms in total. The summed E-state index contributed by atoms with van der Waals surface area (Å²) in [6.45, 7) is 0. The maximum absolute atomic E-state index is 11.8. The maximum atomic E-state index is 11.8. The molecule has 0 radical (unpaired) electrons. The number of alkyl halides is 3. The van der Waals surface area contributed by atoms with Crippen LogP contribution in [0.15, 0.2) is 24.3 Å². The predicted octanol–water partition coefficient (Wildman–Crippen LogP) is 2.10. The van der Waals surface area contributed by atoms with E-state index >= 15 is 0 Å². The lowest BCUT2D eigenvalue weighted by Gasteiger charge is -2.07. The first-order chi connectivity index (χ1) is 7.30. The van der Waals surface area contributed by atoms with E-state index in [9.17, 15) is 28.1 Å². The Labute approximate surface area is 87.0 Å². The molecule has 16 heavy (non-hydrogen) atoms. The highest BCUT2D eigenvalue weighted by atomic mass is 19.4. The van der Waals surface area contributed by atoms with Gasteiger partial charge in [0.1, 0.15) is 0 Å². The zero-order valence-electron chi connectivity index (χ0n) is 7.62. The van der Waals surface area contributed by atoms with Crippen molar-refractivity contribution in [3.05, 3.63) is 34.4 Å². The van der Waals surface area contributed by atoms with Crippen molar-refractivity contribution in [2.24, 2.45) is 0 Å². The molecule has 1 aromatic rings. The highest BCUT2D eigenvalue weighted by Gasteiger charge is 2.38. The van der Waals surface area contributed by atoms with Gasteiger partial charge in [-0.15, -0.1) is 0 Å². The molecule has 8 heteroatoms. The SMILES string of the molecule is O=C(Nc1cccc([N+](=O)[O-])c1)C(F)(F)F. The van der Waals surface area contributed by atoms with E-state index in [0.717, 1.165) is 18.2 Å². The van der Waals surface area contributed by atoms with Crippen molar-refractivity contribution in [2.45, 2.75) is 6.18 Å². The first kappa shape index (κ1) is 12.0. The van der Waals surface area contributed by atoms with Crippen LogP contribution in [0.2, 0.25) is 0 Å². The Balaban J connectivity index is 2.87. The van der Waals surface area contributed by atoms with Crippen molar-refractivity contribution >= 4 is 17.3 Å². The number of nitrogens with zero attached hydrogens (tertiary/aromatic N) is 1. The van der Waals surface area contributed by atoms with Crippen LogP contribution < -0.4 is 5.32 Å². The van der Waals surface area contributed by atoms with Crippen LogP contribution in [0.5, 0.6) is 0 Å². The largest absolute Gasteiger partial charge is 0.471 e. The van der Waals surface area contributed by atoms with E-state index in [1.165, 1.54) is 11.4 Å². The van der Waals surface area contributed by atoms with Crippen molar-refractivity contribution < 1.29 is 22.9 Å². The Morgan fingerprint density at radius 2 is 2.00 bits per heavy atom. The molecule has 0 aromatic heterocycles. The molecular formula is C8H5F3N2O3. The minimum atomic E-state index is -5.02. The van der Waals surface area contributed by atoms with Gasteiger partial charge in [0.05, 0.1) is 4.92 Å². The second kappa shape index (κ2) is 4.17. The lowest BCUT2D eigenvalue weighted by Crippen LogP contribution is -2.29. The number of non-ortho nitro benzene ring substituents is 1. The van der Waals surface area contributed by atoms with E-state index in [0.29, 0.717) is 0 Å². The van der Waals surface area contributed by atoms with Crippen LogP contribution in [0.25, 0.3) is 0 Å². The molecule has 0 fully saturated rings. The van der Waals surface area contributed by atoms with Gasteiger partial charge in [-0.3, -0.25) is 14.9 Å². The molecule has 0 saturated carbocycles. The lowest BCUT2D eigenvalue weighted by molar-refractivity contribution is -0.384. The number of nitro benzene ring substituents is 1. The fraction of sp³-hybridized carbons (Fsp3) is 0.125. The van der Waals surface area contributed by atoms with E-state index in [4.69, 9.17) is 0 Å². The Bertz CT molecular complexity index is 431. The van der Waals surface area contributed by atoms with Gasteiger partial charge in [0.15, 0.2) is 0 Å². The van der Waals surface area contributed by atoms with E-state index in [1.54, 1.807) is 0 Å². The molecule has 0 aliphatic carbocycles. The summed E-state index contributed by atoms with van der Waals surface area (Å²) in [5.41, 5.74) is -0.684. The van der Waals surface area contributed by atoms with Gasteiger partial charge in [0, 0.05) is 17.8 Å². The van der Waals surface area contributed by atoms with Crippen molar-refractivity contribution in [3.63, 3.8) is 0 Å². The zero-order chi connectivity index (χ0) is 12.3. The van der Waals surface area contributed by atoms with Crippen molar-refractivity contribution in [1.82, 2.24) is 0 Å². The van der Waals surface area contributed by atoms with Crippen LogP contribution in [0.1, 0.15) is 0 Å². The Hall–Kier alpha value is -2.12. The monoisotopic (exact) mass is 234 g/mol. The number of benzene rings is 1. The zero-order valence-corrected chi connectivity index (χ0v) is 7.62. The highest BCUT2D eigenvalue weighted by Crippen LogP contribution is 2.21. The summed E-state index contributed by atoms with van der Waals surface area (Å²) in [5.74, 6) is -2.17. The van der Waals surface area contributed by atoms with Gasteiger partial charge in [-0.25, -0.2) is 0 Å². The van der Waals surface area contributed by atoms with E-state index in [-0.39, 0.29) is 5.69 Å². The van der Waals surface area contributed by atoms with Crippen LogP contribution in [0, 0.1) is 10.1 Å². The molecule has 86 valence electrons. The van der Waals surface area contributed by atoms with Gasteiger partial charge in [-0.1, -0.05) is 6.07 Å². The van der Waals surface area contributed by atoms with Gasteiger partial charge in [-0.05, 0) is 6.07 Å². The predicted molar refractivity (Wildman–Crippen MR) is 47.8 cm³/mol. The third-order valence-electron chi connectivity index (χ3n) is 1.57. The minimum Gasteiger partial charge on any atom is -0.318 e. The lowest BCUT2D eigenvalue weighted by atomic mass is 10.3. The van der Waals surface area contributed by atoms with E-state index in [1.807, 2.05) is 0 Å². The number of nitrogens with one attached hydrogen (secondary N) is 1. The standard InChI is InChI=1S/C8H5F3N2O3/c9-8(10,11)7(14)12-5-2-1-3-6(4-5)13(15)16/h1-4H,(H,12,14). The van der Waals surface area contributed by atoms with Gasteiger partial charge >= 0.3 is 12.1 Å². The fourth-order valence-corrected chi connectivity index (χ4v) is 0.899. The summed E-state index contributed by atoms with van der Waals surface area (Å²) in [4.78, 5) is 20.0. The molecule has 0 atom stereocenters. The summed E-state index contributed by atoms with van der Waals surface area (Å²) in [6, 6.07) is 4.23. The summed E-state index contributed by atoms with van der Waals surface area (Å²) in [7, 11) is 0. The molecule has 0 unspecified atom stereocenters. The third kappa shape index (κ3) is 2.94. The quantitative estimate of drug-likeness (QED) is 0.629. The second-order valence-electron chi connectivity index (χ2n) is 2.76. The smallest absolute Gasteiger partial charge is 0.318 e. The van der Waals surface area contributed by atoms with Crippen molar-refractivity contribution in [1.29, 1.82) is 0 Å². The fourth-order valence-electron chi connectivity index (χ4n) is 0.899. The molecule has 0 heterocycles. The van der Waals surface area contributed by atoms with Crippen LogP contribution in [-0.4, -0.2) is 17.0 Å². The number of anilines is 1. The topological polar surface area (TPSA) is 72.2 Å². The molecule has 0 spiro atoms. The number of carbonyl (C=O) groups is 1. The van der Waals surface area contributed by atoms with Crippen LogP contribution in [-0.2, 0) is 4.79 Å². The van der Waals surface area contributed by atoms with Gasteiger partial charge in [0.25, 0.3) is 5.69 Å². The minimum absolute atomic E-state index is 0.281. The molecule has 1 N–H and O–H groups in total. The molecule has 0 aliphatic heterocycles. The van der Waals surface area contributed by atoms with Crippen LogP contribution in [0.3, 0.4) is 0 Å². The Morgan fingerprint density at radius 3 is 2.50 bits per heavy atom. The van der Waals surface area contributed by atoms with E-state index < -0.39 is 22.7 Å². The van der Waals surface area contributed by atoms with Crippen molar-refractivity contribution in [2.75, 3.05) is 5.32 Å². The summed E-state index contributed by atoms with van der Waals surface area (Å²) in [6.07, 6.45) is -5.02. The third-order valence-corrected chi connectivity index (χ3v) is 1.57. The molecule has 1 amide bonds. The second-order valence-corrected chi connectivity index (χ2v) is 2.76. The van der Waals surface area contributed by atoms with Crippen LogP contribution >= 0.6 is 0 Å². The molecule has 1 aromatic carbocycles. The molecule has 0 saturated heterocycles. The summed E-state index contributed by atoms with van der Waals surface area (Å²) in [5, 5.41) is 11.8. The summed E-state index contributed by atoms with van der Waals surface area (Å²) < 4.78 is 35.5. The molecule has 0 bridgehead atoms. The molecule has 0 aliphatic rings. The van der Waals surface area contributed by atoms with Gasteiger partial charge < -0.3 is 5.32 Å².